The topological polar surface area (TPSA) is 34.1 Å². The van der Waals surface area contributed by atoms with Crippen molar-refractivity contribution in [3.8, 4) is 0 Å². The fourth-order valence-electron chi connectivity index (χ4n) is 1.87. The van der Waals surface area contributed by atoms with Gasteiger partial charge in [-0.1, -0.05) is 24.3 Å². The highest BCUT2D eigenvalue weighted by Crippen LogP contribution is 2.14. The van der Waals surface area contributed by atoms with Crippen LogP contribution in [0.2, 0.25) is 0 Å². The first-order valence-electron chi connectivity index (χ1n) is 6.15. The second-order valence-electron chi connectivity index (χ2n) is 4.31. The van der Waals surface area contributed by atoms with E-state index < -0.39 is 23.2 Å². The molecule has 0 aliphatic rings. The van der Waals surface area contributed by atoms with E-state index in [1.807, 2.05) is 0 Å². The molecular weight excluding hydrogens is 262 g/mol. The van der Waals surface area contributed by atoms with Crippen LogP contribution in [-0.2, 0) is 0 Å². The number of carbonyl (C=O) groups is 2. The average Bonchev–Trinajstić information content (AvgIpc) is 2.45. The molecule has 0 unspecified atom stereocenters. The minimum atomic E-state index is -0.615. The molecule has 2 rings (SSSR count). The van der Waals surface area contributed by atoms with Crippen LogP contribution >= 0.6 is 0 Å². The van der Waals surface area contributed by atoms with E-state index in [1.54, 1.807) is 12.1 Å². The first kappa shape index (κ1) is 14.1. The first-order chi connectivity index (χ1) is 9.59. The molecule has 0 aromatic heterocycles. The van der Waals surface area contributed by atoms with Gasteiger partial charge in [-0.25, -0.2) is 8.78 Å². The second kappa shape index (κ2) is 6.19. The average molecular weight is 274 g/mol. The van der Waals surface area contributed by atoms with E-state index >= 15 is 0 Å². The highest BCUT2D eigenvalue weighted by Gasteiger charge is 2.15. The standard InChI is InChI=1S/C16H12F2O2/c17-13-7-3-1-5-11(13)15(19)9-10-16(20)12-6-2-4-8-14(12)18/h1-8H,9-10H2. The van der Waals surface area contributed by atoms with Crippen molar-refractivity contribution in [2.24, 2.45) is 0 Å². The van der Waals surface area contributed by atoms with Gasteiger partial charge in [-0.15, -0.1) is 0 Å². The molecule has 0 bridgehead atoms. The highest BCUT2D eigenvalue weighted by atomic mass is 19.1. The number of rotatable bonds is 5. The Bertz CT molecular complexity index is 593. The van der Waals surface area contributed by atoms with Crippen LogP contribution in [0, 0.1) is 11.6 Å². The summed E-state index contributed by atoms with van der Waals surface area (Å²) in [4.78, 5) is 23.6. The van der Waals surface area contributed by atoms with E-state index in [9.17, 15) is 18.4 Å². The van der Waals surface area contributed by atoms with Crippen LogP contribution in [0.3, 0.4) is 0 Å². The molecule has 0 spiro atoms. The molecule has 0 N–H and O–H groups in total. The van der Waals surface area contributed by atoms with Gasteiger partial charge in [-0.2, -0.15) is 0 Å². The normalized spacial score (nSPS) is 10.3. The molecular formula is C16H12F2O2. The smallest absolute Gasteiger partial charge is 0.166 e. The number of benzene rings is 2. The number of halogens is 2. The Kier molecular flexibility index (Phi) is 4.35. The minimum absolute atomic E-state index is 0.0474. The van der Waals surface area contributed by atoms with Gasteiger partial charge in [0.2, 0.25) is 0 Å². The van der Waals surface area contributed by atoms with Crippen molar-refractivity contribution < 1.29 is 18.4 Å². The highest BCUT2D eigenvalue weighted by molar-refractivity contribution is 6.02. The second-order valence-corrected chi connectivity index (χ2v) is 4.31. The third-order valence-electron chi connectivity index (χ3n) is 2.93. The van der Waals surface area contributed by atoms with Crippen molar-refractivity contribution in [2.45, 2.75) is 12.8 Å². The first-order valence-corrected chi connectivity index (χ1v) is 6.15. The molecule has 102 valence electrons. The quantitative estimate of drug-likeness (QED) is 0.777. The van der Waals surface area contributed by atoms with E-state index in [0.29, 0.717) is 0 Å². The van der Waals surface area contributed by atoms with Gasteiger partial charge in [0.25, 0.3) is 0 Å². The van der Waals surface area contributed by atoms with Gasteiger partial charge >= 0.3 is 0 Å². The SMILES string of the molecule is O=C(CCC(=O)c1ccccc1F)c1ccccc1F. The summed E-state index contributed by atoms with van der Waals surface area (Å²) < 4.78 is 26.8. The number of ketones is 2. The summed E-state index contributed by atoms with van der Waals surface area (Å²) in [6.07, 6.45) is -0.289. The van der Waals surface area contributed by atoms with Crippen molar-refractivity contribution in [3.05, 3.63) is 71.3 Å². The lowest BCUT2D eigenvalue weighted by atomic mass is 10.0. The summed E-state index contributed by atoms with van der Waals surface area (Å²) in [7, 11) is 0. The van der Waals surface area contributed by atoms with Gasteiger partial charge in [0, 0.05) is 12.8 Å². The Hall–Kier alpha value is -2.36. The Labute approximate surface area is 115 Å². The zero-order valence-corrected chi connectivity index (χ0v) is 10.6. The predicted molar refractivity (Wildman–Crippen MR) is 70.7 cm³/mol. The van der Waals surface area contributed by atoms with Crippen molar-refractivity contribution >= 4 is 11.6 Å². The van der Waals surface area contributed by atoms with E-state index in [2.05, 4.69) is 0 Å². The summed E-state index contributed by atoms with van der Waals surface area (Å²) in [5.74, 6) is -2.16. The number of hydrogen-bond acceptors (Lipinski definition) is 2. The molecule has 0 radical (unpaired) electrons. The molecule has 0 heterocycles. The number of hydrogen-bond donors (Lipinski definition) is 0. The maximum Gasteiger partial charge on any atom is 0.166 e. The molecule has 2 nitrogen and oxygen atoms in total. The molecule has 0 saturated heterocycles. The van der Waals surface area contributed by atoms with Gasteiger partial charge in [0.05, 0.1) is 11.1 Å². The van der Waals surface area contributed by atoms with E-state index in [4.69, 9.17) is 0 Å². The number of carbonyl (C=O) groups excluding carboxylic acids is 2. The lowest BCUT2D eigenvalue weighted by Gasteiger charge is -2.03. The summed E-state index contributed by atoms with van der Waals surface area (Å²) in [6, 6.07) is 11.2. The summed E-state index contributed by atoms with van der Waals surface area (Å²) in [5, 5.41) is 0. The molecule has 4 heteroatoms. The largest absolute Gasteiger partial charge is 0.294 e. The molecule has 2 aromatic carbocycles. The maximum atomic E-state index is 13.4. The summed E-state index contributed by atoms with van der Waals surface area (Å²) in [5.41, 5.74) is -0.0948. The van der Waals surface area contributed by atoms with Crippen LogP contribution in [-0.4, -0.2) is 11.6 Å². The molecule has 0 fully saturated rings. The molecule has 0 amide bonds. The van der Waals surface area contributed by atoms with Crippen LogP contribution < -0.4 is 0 Å². The van der Waals surface area contributed by atoms with Crippen LogP contribution in [0.4, 0.5) is 8.78 Å². The Balaban J connectivity index is 2.03. The molecule has 20 heavy (non-hydrogen) atoms. The fourth-order valence-corrected chi connectivity index (χ4v) is 1.87. The van der Waals surface area contributed by atoms with Crippen LogP contribution in [0.1, 0.15) is 33.6 Å². The summed E-state index contributed by atoms with van der Waals surface area (Å²) >= 11 is 0. The van der Waals surface area contributed by atoms with Crippen LogP contribution in [0.25, 0.3) is 0 Å². The molecule has 0 atom stereocenters. The predicted octanol–water partition coefficient (Wildman–Crippen LogP) is 3.81. The van der Waals surface area contributed by atoms with Gasteiger partial charge in [0.1, 0.15) is 11.6 Å². The van der Waals surface area contributed by atoms with E-state index in [0.717, 1.165) is 0 Å². The molecule has 0 saturated carbocycles. The lowest BCUT2D eigenvalue weighted by Crippen LogP contribution is -2.08. The van der Waals surface area contributed by atoms with Crippen molar-refractivity contribution in [2.75, 3.05) is 0 Å². The molecule has 0 aliphatic heterocycles. The fraction of sp³-hybridized carbons (Fsp3) is 0.125. The zero-order valence-electron chi connectivity index (χ0n) is 10.6. The van der Waals surface area contributed by atoms with Gasteiger partial charge in [0.15, 0.2) is 11.6 Å². The number of Topliss-reactive ketones (excluding diaryl/α,β-unsaturated/α-hetero) is 2. The third kappa shape index (κ3) is 3.15. The van der Waals surface area contributed by atoms with Gasteiger partial charge < -0.3 is 0 Å². The van der Waals surface area contributed by atoms with Crippen LogP contribution in [0.15, 0.2) is 48.5 Å². The van der Waals surface area contributed by atoms with Gasteiger partial charge in [-0.05, 0) is 24.3 Å². The molecule has 2 aromatic rings. The Morgan fingerprint density at radius 3 is 1.40 bits per heavy atom. The van der Waals surface area contributed by atoms with Crippen molar-refractivity contribution in [1.82, 2.24) is 0 Å². The zero-order chi connectivity index (χ0) is 14.5. The molecule has 0 aliphatic carbocycles. The minimum Gasteiger partial charge on any atom is -0.294 e. The van der Waals surface area contributed by atoms with Gasteiger partial charge in [-0.3, -0.25) is 9.59 Å². The van der Waals surface area contributed by atoms with Crippen molar-refractivity contribution in [3.63, 3.8) is 0 Å². The Morgan fingerprint density at radius 2 is 1.05 bits per heavy atom. The Morgan fingerprint density at radius 1 is 0.700 bits per heavy atom. The third-order valence-corrected chi connectivity index (χ3v) is 2.93. The summed E-state index contributed by atoms with van der Waals surface area (Å²) in [6.45, 7) is 0. The lowest BCUT2D eigenvalue weighted by molar-refractivity contribution is 0.0913. The monoisotopic (exact) mass is 274 g/mol. The van der Waals surface area contributed by atoms with Crippen LogP contribution in [0.5, 0.6) is 0 Å². The van der Waals surface area contributed by atoms with E-state index in [1.165, 1.54) is 36.4 Å². The van der Waals surface area contributed by atoms with E-state index in [-0.39, 0.29) is 24.0 Å². The maximum absolute atomic E-state index is 13.4. The van der Waals surface area contributed by atoms with Crippen molar-refractivity contribution in [1.29, 1.82) is 0 Å².